The fraction of sp³-hybridized carbons (Fsp3) is 0.562. The largest absolute Gasteiger partial charge is 0.332 e. The highest BCUT2D eigenvalue weighted by molar-refractivity contribution is 7.90. The Labute approximate surface area is 127 Å². The quantitative estimate of drug-likeness (QED) is 0.839. The van der Waals surface area contributed by atoms with E-state index in [-0.39, 0.29) is 23.7 Å². The van der Waals surface area contributed by atoms with Crippen molar-refractivity contribution in [3.05, 3.63) is 34.9 Å². The van der Waals surface area contributed by atoms with Crippen LogP contribution in [0.2, 0.25) is 0 Å². The van der Waals surface area contributed by atoms with E-state index in [0.717, 1.165) is 24.0 Å². The van der Waals surface area contributed by atoms with Gasteiger partial charge in [-0.3, -0.25) is 4.79 Å². The van der Waals surface area contributed by atoms with Crippen LogP contribution < -0.4 is 0 Å². The van der Waals surface area contributed by atoms with Crippen LogP contribution in [-0.4, -0.2) is 43.3 Å². The molecule has 0 saturated heterocycles. The van der Waals surface area contributed by atoms with Crippen molar-refractivity contribution in [2.24, 2.45) is 0 Å². The van der Waals surface area contributed by atoms with E-state index < -0.39 is 9.84 Å². The minimum Gasteiger partial charge on any atom is -0.332 e. The topological polar surface area (TPSA) is 54.5 Å². The van der Waals surface area contributed by atoms with Gasteiger partial charge in [-0.25, -0.2) is 8.42 Å². The maximum atomic E-state index is 12.9. The maximum Gasteiger partial charge on any atom is 0.254 e. The van der Waals surface area contributed by atoms with Gasteiger partial charge in [0.2, 0.25) is 0 Å². The molecule has 0 aromatic heterocycles. The van der Waals surface area contributed by atoms with Gasteiger partial charge >= 0.3 is 0 Å². The summed E-state index contributed by atoms with van der Waals surface area (Å²) in [5, 5.41) is 0. The van der Waals surface area contributed by atoms with Gasteiger partial charge in [0.25, 0.3) is 5.91 Å². The number of amides is 1. The summed E-state index contributed by atoms with van der Waals surface area (Å²) in [5.41, 5.74) is 2.73. The molecular weight excluding hydrogens is 286 g/mol. The van der Waals surface area contributed by atoms with Gasteiger partial charge in [-0.1, -0.05) is 12.1 Å². The Hall–Kier alpha value is -1.36. The average molecular weight is 309 g/mol. The number of nitrogens with zero attached hydrogens (tertiary/aromatic N) is 1. The maximum absolute atomic E-state index is 12.9. The number of benzene rings is 1. The highest BCUT2D eigenvalue weighted by atomic mass is 32.2. The molecule has 5 heteroatoms. The van der Waals surface area contributed by atoms with Gasteiger partial charge in [-0.15, -0.1) is 0 Å². The van der Waals surface area contributed by atoms with Gasteiger partial charge < -0.3 is 4.90 Å². The number of hydrogen-bond acceptors (Lipinski definition) is 3. The Balaban J connectivity index is 2.30. The molecule has 0 heterocycles. The van der Waals surface area contributed by atoms with E-state index >= 15 is 0 Å². The lowest BCUT2D eigenvalue weighted by atomic mass is 10.0. The molecule has 1 fully saturated rings. The summed E-state index contributed by atoms with van der Waals surface area (Å²) in [6.45, 7) is 5.74. The van der Waals surface area contributed by atoms with Crippen LogP contribution >= 0.6 is 0 Å². The van der Waals surface area contributed by atoms with Crippen molar-refractivity contribution in [3.63, 3.8) is 0 Å². The molecule has 1 aromatic rings. The van der Waals surface area contributed by atoms with Crippen LogP contribution in [0.1, 0.15) is 41.3 Å². The minimum absolute atomic E-state index is 0.0140. The Morgan fingerprint density at radius 3 is 2.48 bits per heavy atom. The van der Waals surface area contributed by atoms with Crippen LogP contribution in [0.5, 0.6) is 0 Å². The lowest BCUT2D eigenvalue weighted by Crippen LogP contribution is -2.44. The van der Waals surface area contributed by atoms with Gasteiger partial charge in [-0.2, -0.15) is 0 Å². The molecule has 1 saturated carbocycles. The highest BCUT2D eigenvalue weighted by Crippen LogP contribution is 2.31. The van der Waals surface area contributed by atoms with Gasteiger partial charge in [0.05, 0.1) is 5.75 Å². The van der Waals surface area contributed by atoms with E-state index in [0.29, 0.717) is 5.56 Å². The molecular formula is C16H23NO3S. The lowest BCUT2D eigenvalue weighted by Gasteiger charge is -2.29. The fourth-order valence-electron chi connectivity index (χ4n) is 2.72. The van der Waals surface area contributed by atoms with E-state index in [1.807, 2.05) is 39.0 Å². The monoisotopic (exact) mass is 309 g/mol. The third kappa shape index (κ3) is 3.84. The summed E-state index contributed by atoms with van der Waals surface area (Å²) in [6, 6.07) is 5.58. The average Bonchev–Trinajstić information content (AvgIpc) is 3.15. The lowest BCUT2D eigenvalue weighted by molar-refractivity contribution is 0.0692. The summed E-state index contributed by atoms with van der Waals surface area (Å²) in [6.07, 6.45) is 3.15. The zero-order valence-electron chi connectivity index (χ0n) is 13.1. The van der Waals surface area contributed by atoms with E-state index in [1.54, 1.807) is 4.90 Å². The second-order valence-electron chi connectivity index (χ2n) is 6.13. The predicted molar refractivity (Wildman–Crippen MR) is 84.3 cm³/mol. The second-order valence-corrected chi connectivity index (χ2v) is 8.32. The molecule has 2 rings (SSSR count). The second kappa shape index (κ2) is 5.79. The van der Waals surface area contributed by atoms with Crippen molar-refractivity contribution in [2.75, 3.05) is 12.0 Å². The normalized spacial score (nSPS) is 16.6. The molecule has 0 radical (unpaired) electrons. The number of aryl methyl sites for hydroxylation is 1. The molecule has 1 aliphatic carbocycles. The highest BCUT2D eigenvalue weighted by Gasteiger charge is 2.37. The summed E-state index contributed by atoms with van der Waals surface area (Å²) in [7, 11) is -3.10. The molecule has 0 unspecified atom stereocenters. The van der Waals surface area contributed by atoms with Crippen LogP contribution in [0.25, 0.3) is 0 Å². The van der Waals surface area contributed by atoms with Crippen LogP contribution in [0.3, 0.4) is 0 Å². The first-order valence-electron chi connectivity index (χ1n) is 7.27. The van der Waals surface area contributed by atoms with Crippen molar-refractivity contribution >= 4 is 15.7 Å². The number of sulfone groups is 1. The van der Waals surface area contributed by atoms with Crippen molar-refractivity contribution in [2.45, 2.75) is 45.7 Å². The third-order valence-electron chi connectivity index (χ3n) is 4.03. The first-order chi connectivity index (χ1) is 9.70. The Morgan fingerprint density at radius 2 is 1.95 bits per heavy atom. The zero-order chi connectivity index (χ0) is 15.8. The smallest absolute Gasteiger partial charge is 0.254 e. The van der Waals surface area contributed by atoms with E-state index in [9.17, 15) is 13.2 Å². The molecule has 0 spiro atoms. The number of hydrogen-bond donors (Lipinski definition) is 0. The Bertz CT molecular complexity index is 647. The summed E-state index contributed by atoms with van der Waals surface area (Å²) in [5.74, 6) is -0.0324. The molecule has 1 atom stereocenters. The van der Waals surface area contributed by atoms with Gasteiger partial charge in [0, 0.05) is 23.9 Å². The fourth-order valence-corrected chi connectivity index (χ4v) is 3.76. The van der Waals surface area contributed by atoms with Crippen molar-refractivity contribution in [1.82, 2.24) is 4.90 Å². The predicted octanol–water partition coefficient (Wildman–Crippen LogP) is 2.34. The summed E-state index contributed by atoms with van der Waals surface area (Å²) >= 11 is 0. The van der Waals surface area contributed by atoms with Crippen LogP contribution in [0.4, 0.5) is 0 Å². The van der Waals surface area contributed by atoms with E-state index in [1.165, 1.54) is 6.26 Å². The third-order valence-corrected chi connectivity index (χ3v) is 5.12. The number of carbonyl (C=O) groups is 1. The van der Waals surface area contributed by atoms with Gasteiger partial charge in [0.15, 0.2) is 0 Å². The molecule has 4 nitrogen and oxygen atoms in total. The molecule has 1 aliphatic rings. The molecule has 0 aliphatic heterocycles. The first kappa shape index (κ1) is 16.0. The van der Waals surface area contributed by atoms with Crippen LogP contribution in [0.15, 0.2) is 18.2 Å². The summed E-state index contributed by atoms with van der Waals surface area (Å²) < 4.78 is 23.1. The number of carbonyl (C=O) groups excluding carboxylic acids is 1. The zero-order valence-corrected chi connectivity index (χ0v) is 13.9. The molecule has 21 heavy (non-hydrogen) atoms. The Kier molecular flexibility index (Phi) is 4.42. The standard InChI is InChI=1S/C16H23NO3S/c1-11-6-5-7-15(13(11)3)16(18)17(14-8-9-14)12(2)10-21(4,19)20/h5-7,12,14H,8-10H2,1-4H3/t12-/m1/s1. The van der Waals surface area contributed by atoms with Gasteiger partial charge in [-0.05, 0) is 50.8 Å². The van der Waals surface area contributed by atoms with Crippen LogP contribution in [-0.2, 0) is 9.84 Å². The van der Waals surface area contributed by atoms with E-state index in [2.05, 4.69) is 0 Å². The Morgan fingerprint density at radius 1 is 1.33 bits per heavy atom. The van der Waals surface area contributed by atoms with Gasteiger partial charge in [0.1, 0.15) is 9.84 Å². The van der Waals surface area contributed by atoms with Crippen molar-refractivity contribution in [1.29, 1.82) is 0 Å². The number of rotatable bonds is 5. The molecule has 0 N–H and O–H groups in total. The molecule has 116 valence electrons. The van der Waals surface area contributed by atoms with Crippen molar-refractivity contribution < 1.29 is 13.2 Å². The molecule has 0 bridgehead atoms. The first-order valence-corrected chi connectivity index (χ1v) is 9.33. The SMILES string of the molecule is Cc1cccc(C(=O)N(C2CC2)[C@H](C)CS(C)(=O)=O)c1C. The van der Waals surface area contributed by atoms with Crippen molar-refractivity contribution in [3.8, 4) is 0 Å². The minimum atomic E-state index is -3.10. The molecule has 1 amide bonds. The molecule has 1 aromatic carbocycles. The van der Waals surface area contributed by atoms with Crippen LogP contribution in [0, 0.1) is 13.8 Å². The van der Waals surface area contributed by atoms with E-state index in [4.69, 9.17) is 0 Å². The summed E-state index contributed by atoms with van der Waals surface area (Å²) in [4.78, 5) is 14.6.